The van der Waals surface area contributed by atoms with Crippen LogP contribution in [0.2, 0.25) is 0 Å². The van der Waals surface area contributed by atoms with Gasteiger partial charge in [-0.1, -0.05) is 26.0 Å². The predicted molar refractivity (Wildman–Crippen MR) is 102 cm³/mol. The van der Waals surface area contributed by atoms with Gasteiger partial charge in [-0.05, 0) is 34.0 Å². The van der Waals surface area contributed by atoms with Gasteiger partial charge in [0.25, 0.3) is 5.91 Å². The average Bonchev–Trinajstić information content (AvgIpc) is 3.45. The fourth-order valence-electron chi connectivity index (χ4n) is 4.97. The Balaban J connectivity index is 1.35. The second-order valence-electron chi connectivity index (χ2n) is 8.40. The number of hydrogen-bond donors (Lipinski definition) is 0. The second kappa shape index (κ2) is 6.62. The first kappa shape index (κ1) is 18.2. The molecule has 3 fully saturated rings. The van der Waals surface area contributed by atoms with Crippen LogP contribution >= 0.6 is 0 Å². The number of hydrogen-bond acceptors (Lipinski definition) is 6. The van der Waals surface area contributed by atoms with Gasteiger partial charge in [-0.3, -0.25) is 9.59 Å². The Morgan fingerprint density at radius 1 is 1.31 bits per heavy atom. The standard InChI is InChI=1S/C20H24N6O3/c1-13(2)16-11-29-20-7-8-25(17(20)9-18(27)26(16)20)19(28)15-5-3-14(4-6-15)10-24-12-21-22-23-24/h3-6,12-13,16-17H,7-11H2,1-2H3/t16-,17+,20-/m0/s1. The summed E-state index contributed by atoms with van der Waals surface area (Å²) < 4.78 is 7.84. The van der Waals surface area contributed by atoms with E-state index in [0.717, 1.165) is 5.56 Å². The van der Waals surface area contributed by atoms with Crippen molar-refractivity contribution in [3.63, 3.8) is 0 Å². The van der Waals surface area contributed by atoms with Gasteiger partial charge in [-0.2, -0.15) is 0 Å². The Bertz CT molecular complexity index is 928. The van der Waals surface area contributed by atoms with Crippen molar-refractivity contribution >= 4 is 11.8 Å². The third-order valence-electron chi connectivity index (χ3n) is 6.46. The summed E-state index contributed by atoms with van der Waals surface area (Å²) in [6.45, 7) is 5.92. The summed E-state index contributed by atoms with van der Waals surface area (Å²) in [5, 5.41) is 11.1. The number of carbonyl (C=O) groups is 2. The number of benzene rings is 1. The van der Waals surface area contributed by atoms with Gasteiger partial charge in [-0.25, -0.2) is 4.68 Å². The maximum Gasteiger partial charge on any atom is 0.254 e. The summed E-state index contributed by atoms with van der Waals surface area (Å²) in [5.74, 6) is 0.377. The van der Waals surface area contributed by atoms with Crippen molar-refractivity contribution in [1.82, 2.24) is 30.0 Å². The highest BCUT2D eigenvalue weighted by atomic mass is 16.5. The summed E-state index contributed by atoms with van der Waals surface area (Å²) in [6, 6.07) is 7.35. The highest BCUT2D eigenvalue weighted by molar-refractivity contribution is 5.96. The summed E-state index contributed by atoms with van der Waals surface area (Å²) in [6.07, 6.45) is 2.57. The number of aromatic nitrogens is 4. The van der Waals surface area contributed by atoms with E-state index >= 15 is 0 Å². The third kappa shape index (κ3) is 2.75. The molecule has 9 heteroatoms. The lowest BCUT2D eigenvalue weighted by molar-refractivity contribution is -0.139. The van der Waals surface area contributed by atoms with Crippen molar-refractivity contribution in [2.75, 3.05) is 13.2 Å². The van der Waals surface area contributed by atoms with E-state index in [0.29, 0.717) is 44.0 Å². The van der Waals surface area contributed by atoms with E-state index < -0.39 is 5.72 Å². The molecule has 3 saturated heterocycles. The largest absolute Gasteiger partial charge is 0.351 e. The maximum atomic E-state index is 13.2. The average molecular weight is 396 g/mol. The first-order valence-corrected chi connectivity index (χ1v) is 10.1. The lowest BCUT2D eigenvalue weighted by Crippen LogP contribution is -2.51. The Hall–Kier alpha value is -2.81. The van der Waals surface area contributed by atoms with Crippen LogP contribution in [0.4, 0.5) is 0 Å². The molecule has 3 aliphatic heterocycles. The van der Waals surface area contributed by atoms with Gasteiger partial charge < -0.3 is 14.5 Å². The van der Waals surface area contributed by atoms with Gasteiger partial charge in [0.1, 0.15) is 6.33 Å². The molecule has 0 saturated carbocycles. The highest BCUT2D eigenvalue weighted by Crippen LogP contribution is 2.49. The second-order valence-corrected chi connectivity index (χ2v) is 8.40. The molecule has 1 aromatic carbocycles. The lowest BCUT2D eigenvalue weighted by atomic mass is 10.0. The number of tetrazole rings is 1. The van der Waals surface area contributed by atoms with Crippen molar-refractivity contribution in [1.29, 1.82) is 0 Å². The summed E-state index contributed by atoms with van der Waals surface area (Å²) >= 11 is 0. The third-order valence-corrected chi connectivity index (χ3v) is 6.46. The lowest BCUT2D eigenvalue weighted by Gasteiger charge is -2.34. The van der Waals surface area contributed by atoms with Crippen LogP contribution in [0, 0.1) is 5.92 Å². The fourth-order valence-corrected chi connectivity index (χ4v) is 4.97. The number of likely N-dealkylation sites (tertiary alicyclic amines) is 1. The molecule has 5 rings (SSSR count). The predicted octanol–water partition coefficient (Wildman–Crippen LogP) is 0.919. The molecule has 29 heavy (non-hydrogen) atoms. The van der Waals surface area contributed by atoms with E-state index in [-0.39, 0.29) is 23.9 Å². The van der Waals surface area contributed by atoms with Gasteiger partial charge >= 0.3 is 0 Å². The van der Waals surface area contributed by atoms with Crippen LogP contribution in [0.3, 0.4) is 0 Å². The van der Waals surface area contributed by atoms with Crippen molar-refractivity contribution in [3.05, 3.63) is 41.7 Å². The van der Waals surface area contributed by atoms with Crippen LogP contribution in [0.1, 0.15) is 42.6 Å². The molecule has 152 valence electrons. The van der Waals surface area contributed by atoms with Crippen LogP contribution in [0.15, 0.2) is 30.6 Å². The quantitative estimate of drug-likeness (QED) is 0.763. The summed E-state index contributed by atoms with van der Waals surface area (Å²) in [5.41, 5.74) is 0.988. The Morgan fingerprint density at radius 2 is 2.10 bits per heavy atom. The van der Waals surface area contributed by atoms with Crippen molar-refractivity contribution in [3.8, 4) is 0 Å². The number of nitrogens with zero attached hydrogens (tertiary/aromatic N) is 6. The van der Waals surface area contributed by atoms with Crippen LogP contribution in [-0.2, 0) is 16.1 Å². The van der Waals surface area contributed by atoms with Crippen molar-refractivity contribution in [2.24, 2.45) is 5.92 Å². The zero-order valence-corrected chi connectivity index (χ0v) is 16.6. The highest BCUT2D eigenvalue weighted by Gasteiger charge is 2.65. The van der Waals surface area contributed by atoms with E-state index in [9.17, 15) is 9.59 Å². The molecule has 9 nitrogen and oxygen atoms in total. The number of rotatable bonds is 4. The van der Waals surface area contributed by atoms with E-state index in [1.54, 1.807) is 11.0 Å². The topological polar surface area (TPSA) is 93.5 Å². The van der Waals surface area contributed by atoms with E-state index in [4.69, 9.17) is 4.74 Å². The normalized spacial score (nSPS) is 28.3. The maximum absolute atomic E-state index is 13.2. The number of carbonyl (C=O) groups excluding carboxylic acids is 2. The van der Waals surface area contributed by atoms with Gasteiger partial charge in [0.15, 0.2) is 5.72 Å². The SMILES string of the molecule is CC(C)[C@@H]1CO[C@@]23CCN(C(=O)c4ccc(Cn5cnnn5)cc4)[C@@H]2CC(=O)N13. The molecule has 2 amide bonds. The van der Waals surface area contributed by atoms with Crippen LogP contribution < -0.4 is 0 Å². The first-order valence-electron chi connectivity index (χ1n) is 10.1. The van der Waals surface area contributed by atoms with Crippen molar-refractivity contribution in [2.45, 2.75) is 51.0 Å². The van der Waals surface area contributed by atoms with Gasteiger partial charge in [0.2, 0.25) is 5.91 Å². The minimum absolute atomic E-state index is 0.0490. The van der Waals surface area contributed by atoms with Gasteiger partial charge in [0.05, 0.1) is 31.7 Å². The first-order chi connectivity index (χ1) is 14.0. The number of amides is 2. The monoisotopic (exact) mass is 396 g/mol. The molecule has 0 bridgehead atoms. The van der Waals surface area contributed by atoms with Crippen LogP contribution in [0.5, 0.6) is 0 Å². The molecule has 1 aromatic heterocycles. The molecule has 3 atom stereocenters. The van der Waals surface area contributed by atoms with E-state index in [2.05, 4.69) is 29.4 Å². The Morgan fingerprint density at radius 3 is 2.79 bits per heavy atom. The molecule has 4 heterocycles. The molecule has 1 spiro atoms. The van der Waals surface area contributed by atoms with Crippen molar-refractivity contribution < 1.29 is 14.3 Å². The molecular formula is C20H24N6O3. The Kier molecular flexibility index (Phi) is 4.16. The number of ether oxygens (including phenoxy) is 1. The van der Waals surface area contributed by atoms with Gasteiger partial charge in [-0.15, -0.1) is 5.10 Å². The minimum Gasteiger partial charge on any atom is -0.351 e. The molecule has 3 aliphatic rings. The van der Waals surface area contributed by atoms with Crippen LogP contribution in [0.25, 0.3) is 0 Å². The molecule has 0 N–H and O–H groups in total. The molecule has 2 aromatic rings. The zero-order valence-electron chi connectivity index (χ0n) is 16.6. The zero-order chi connectivity index (χ0) is 20.2. The molecule has 0 aliphatic carbocycles. The van der Waals surface area contributed by atoms with E-state index in [1.807, 2.05) is 34.1 Å². The summed E-state index contributed by atoms with van der Waals surface area (Å²) in [4.78, 5) is 29.8. The summed E-state index contributed by atoms with van der Waals surface area (Å²) in [7, 11) is 0. The molecular weight excluding hydrogens is 372 g/mol. The Labute approximate surface area is 168 Å². The van der Waals surface area contributed by atoms with E-state index in [1.165, 1.54) is 0 Å². The van der Waals surface area contributed by atoms with Crippen LogP contribution in [-0.4, -0.2) is 72.8 Å². The molecule has 0 radical (unpaired) electrons. The fraction of sp³-hybridized carbons (Fsp3) is 0.550. The minimum atomic E-state index is -0.637. The smallest absolute Gasteiger partial charge is 0.254 e. The molecule has 0 unspecified atom stereocenters. The van der Waals surface area contributed by atoms with Gasteiger partial charge in [0, 0.05) is 18.5 Å².